The zero-order valence-electron chi connectivity index (χ0n) is 16.7. The van der Waals surface area contributed by atoms with Gasteiger partial charge in [0.1, 0.15) is 12.1 Å². The molecule has 0 saturated heterocycles. The maximum Gasteiger partial charge on any atom is 0.242 e. The number of carbonyl (C=O) groups is 1. The van der Waals surface area contributed by atoms with Gasteiger partial charge in [-0.05, 0) is 42.9 Å². The summed E-state index contributed by atoms with van der Waals surface area (Å²) in [7, 11) is 1.59. The van der Waals surface area contributed by atoms with Crippen molar-refractivity contribution in [2.75, 3.05) is 19.9 Å². The minimum absolute atomic E-state index is 0.0525. The van der Waals surface area contributed by atoms with Crippen LogP contribution in [0.2, 0.25) is 0 Å². The highest BCUT2D eigenvalue weighted by Gasteiger charge is 2.19. The zero-order valence-corrected chi connectivity index (χ0v) is 17.5. The Kier molecular flexibility index (Phi) is 8.73. The Labute approximate surface area is 171 Å². The summed E-state index contributed by atoms with van der Waals surface area (Å²) in [5.74, 6) is 3.83. The van der Waals surface area contributed by atoms with Crippen molar-refractivity contribution in [3.05, 3.63) is 59.2 Å². The first-order chi connectivity index (χ1) is 13.6. The normalized spacial score (nSPS) is 11.1. The quantitative estimate of drug-likeness (QED) is 0.499. The third kappa shape index (κ3) is 6.22. The van der Waals surface area contributed by atoms with E-state index in [1.54, 1.807) is 14.0 Å². The van der Waals surface area contributed by atoms with Gasteiger partial charge in [0.15, 0.2) is 11.5 Å². The van der Waals surface area contributed by atoms with Crippen molar-refractivity contribution in [2.24, 2.45) is 0 Å². The zero-order chi connectivity index (χ0) is 20.4. The van der Waals surface area contributed by atoms with E-state index in [2.05, 4.69) is 22.1 Å². The van der Waals surface area contributed by atoms with Crippen LogP contribution in [0.1, 0.15) is 29.7 Å². The van der Waals surface area contributed by atoms with Crippen LogP contribution in [0, 0.1) is 19.0 Å². The molecule has 0 saturated carbocycles. The van der Waals surface area contributed by atoms with Gasteiger partial charge < -0.3 is 14.8 Å². The number of hydrogen-bond donors (Lipinski definition) is 2. The third-order valence-electron chi connectivity index (χ3n) is 4.11. The number of aryl methyl sites for hydroxylation is 1. The standard InChI is InChI=1S/C22H26N2O3S/c1-5-14-27-19-11-8-17(15-20(19)26-3)12-13-23-22(25)21(24-28-4)18-9-6-16(2)7-10-18/h6-11,15,21,24H,12-13H2,1-4H3,(H,23,25). The summed E-state index contributed by atoms with van der Waals surface area (Å²) in [6.45, 7) is 4.26. The van der Waals surface area contributed by atoms with E-state index in [4.69, 9.17) is 9.47 Å². The van der Waals surface area contributed by atoms with Gasteiger partial charge in [0.25, 0.3) is 0 Å². The number of benzene rings is 2. The highest BCUT2D eigenvalue weighted by atomic mass is 32.2. The van der Waals surface area contributed by atoms with Crippen LogP contribution in [-0.4, -0.2) is 25.8 Å². The Hall–Kier alpha value is -2.62. The van der Waals surface area contributed by atoms with Gasteiger partial charge in [0.05, 0.1) is 7.11 Å². The maximum atomic E-state index is 12.7. The summed E-state index contributed by atoms with van der Waals surface area (Å²) in [6.07, 6.45) is 5.16. The lowest BCUT2D eigenvalue weighted by Gasteiger charge is -2.18. The molecule has 28 heavy (non-hydrogen) atoms. The number of nitrogens with one attached hydrogen (secondary N) is 2. The molecular weight excluding hydrogens is 372 g/mol. The predicted molar refractivity (Wildman–Crippen MR) is 114 cm³/mol. The van der Waals surface area contributed by atoms with Gasteiger partial charge in [-0.1, -0.05) is 53.8 Å². The maximum absolute atomic E-state index is 12.7. The number of hydrogen-bond acceptors (Lipinski definition) is 5. The molecule has 0 aliphatic rings. The van der Waals surface area contributed by atoms with E-state index in [0.717, 1.165) is 11.1 Å². The fraction of sp³-hybridized carbons (Fsp3) is 0.318. The Balaban J connectivity index is 1.97. The molecular formula is C22H26N2O3S. The van der Waals surface area contributed by atoms with E-state index in [0.29, 0.717) is 24.5 Å². The van der Waals surface area contributed by atoms with Crippen LogP contribution >= 0.6 is 11.9 Å². The SMILES string of the molecule is CC#COc1ccc(CCNC(=O)C(NSC)c2ccc(C)cc2)cc1OC. The van der Waals surface area contributed by atoms with Gasteiger partial charge in [-0.25, -0.2) is 4.72 Å². The first-order valence-electron chi connectivity index (χ1n) is 8.97. The molecule has 1 unspecified atom stereocenters. The van der Waals surface area contributed by atoms with E-state index in [-0.39, 0.29) is 5.91 Å². The Morgan fingerprint density at radius 1 is 1.18 bits per heavy atom. The second kappa shape index (κ2) is 11.3. The smallest absolute Gasteiger partial charge is 0.242 e. The lowest BCUT2D eigenvalue weighted by Crippen LogP contribution is -2.36. The topological polar surface area (TPSA) is 59.6 Å². The fourth-order valence-electron chi connectivity index (χ4n) is 2.64. The van der Waals surface area contributed by atoms with Crippen LogP contribution in [0.4, 0.5) is 0 Å². The number of rotatable bonds is 9. The Morgan fingerprint density at radius 3 is 2.57 bits per heavy atom. The molecule has 0 aliphatic heterocycles. The summed E-state index contributed by atoms with van der Waals surface area (Å²) in [5, 5.41) is 3.01. The molecule has 5 nitrogen and oxygen atoms in total. The third-order valence-corrected chi connectivity index (χ3v) is 4.58. The molecule has 0 aromatic heterocycles. The Morgan fingerprint density at radius 2 is 1.93 bits per heavy atom. The van der Waals surface area contributed by atoms with E-state index in [1.807, 2.05) is 55.6 Å². The number of ether oxygens (including phenoxy) is 2. The molecule has 1 amide bonds. The van der Waals surface area contributed by atoms with Crippen molar-refractivity contribution in [1.29, 1.82) is 0 Å². The van der Waals surface area contributed by atoms with E-state index in [9.17, 15) is 4.79 Å². The Bertz CT molecular complexity index is 841. The summed E-state index contributed by atoms with van der Waals surface area (Å²) in [4.78, 5) is 12.7. The predicted octanol–water partition coefficient (Wildman–Crippen LogP) is 3.63. The summed E-state index contributed by atoms with van der Waals surface area (Å²) in [6, 6.07) is 13.2. The minimum atomic E-state index is -0.395. The molecule has 0 fully saturated rings. The van der Waals surface area contributed by atoms with Gasteiger partial charge >= 0.3 is 0 Å². The highest BCUT2D eigenvalue weighted by molar-refractivity contribution is 7.96. The van der Waals surface area contributed by atoms with Crippen LogP contribution in [-0.2, 0) is 11.2 Å². The number of methoxy groups -OCH3 is 1. The monoisotopic (exact) mass is 398 g/mol. The van der Waals surface area contributed by atoms with Crippen molar-refractivity contribution < 1.29 is 14.3 Å². The van der Waals surface area contributed by atoms with Crippen molar-refractivity contribution in [3.63, 3.8) is 0 Å². The van der Waals surface area contributed by atoms with Crippen molar-refractivity contribution in [1.82, 2.24) is 10.0 Å². The molecule has 6 heteroatoms. The van der Waals surface area contributed by atoms with Crippen LogP contribution in [0.25, 0.3) is 0 Å². The van der Waals surface area contributed by atoms with Crippen molar-refractivity contribution in [2.45, 2.75) is 26.3 Å². The van der Waals surface area contributed by atoms with Crippen LogP contribution in [0.5, 0.6) is 11.5 Å². The van der Waals surface area contributed by atoms with Gasteiger partial charge in [-0.2, -0.15) is 0 Å². The molecule has 2 aromatic carbocycles. The largest absolute Gasteiger partial charge is 0.493 e. The number of carbonyl (C=O) groups excluding carboxylic acids is 1. The molecule has 2 rings (SSSR count). The molecule has 0 spiro atoms. The van der Waals surface area contributed by atoms with Crippen molar-refractivity contribution in [3.8, 4) is 23.5 Å². The van der Waals surface area contributed by atoms with E-state index < -0.39 is 6.04 Å². The van der Waals surface area contributed by atoms with Crippen LogP contribution in [0.3, 0.4) is 0 Å². The molecule has 0 bridgehead atoms. The molecule has 2 N–H and O–H groups in total. The first-order valence-corrected chi connectivity index (χ1v) is 10.2. The summed E-state index contributed by atoms with van der Waals surface area (Å²) in [5.41, 5.74) is 3.15. The fourth-order valence-corrected chi connectivity index (χ4v) is 3.12. The molecule has 1 atom stereocenters. The summed E-state index contributed by atoms with van der Waals surface area (Å²) < 4.78 is 13.8. The lowest BCUT2D eigenvalue weighted by molar-refractivity contribution is -0.122. The van der Waals surface area contributed by atoms with Gasteiger partial charge in [0.2, 0.25) is 5.91 Å². The molecule has 0 aliphatic carbocycles. The average Bonchev–Trinajstić information content (AvgIpc) is 2.71. The number of amides is 1. The van der Waals surface area contributed by atoms with Crippen molar-refractivity contribution >= 4 is 17.9 Å². The first kappa shape index (κ1) is 21.7. The molecule has 0 radical (unpaired) electrons. The molecule has 0 heterocycles. The van der Waals surface area contributed by atoms with Crippen LogP contribution in [0.15, 0.2) is 42.5 Å². The average molecular weight is 399 g/mol. The second-order valence-corrected chi connectivity index (χ2v) is 6.79. The molecule has 2 aromatic rings. The van der Waals surface area contributed by atoms with Gasteiger partial charge in [0, 0.05) is 13.5 Å². The van der Waals surface area contributed by atoms with Crippen LogP contribution < -0.4 is 19.5 Å². The second-order valence-electron chi connectivity index (χ2n) is 6.15. The lowest BCUT2D eigenvalue weighted by atomic mass is 10.1. The van der Waals surface area contributed by atoms with Gasteiger partial charge in [-0.3, -0.25) is 4.79 Å². The van der Waals surface area contributed by atoms with E-state index >= 15 is 0 Å². The highest BCUT2D eigenvalue weighted by Crippen LogP contribution is 2.28. The summed E-state index contributed by atoms with van der Waals surface area (Å²) >= 11 is 1.43. The van der Waals surface area contributed by atoms with Gasteiger partial charge in [-0.15, -0.1) is 0 Å². The molecule has 148 valence electrons. The van der Waals surface area contributed by atoms with E-state index in [1.165, 1.54) is 17.5 Å². The minimum Gasteiger partial charge on any atom is -0.493 e.